The van der Waals surface area contributed by atoms with Gasteiger partial charge in [0.25, 0.3) is 0 Å². The van der Waals surface area contributed by atoms with Crippen molar-refractivity contribution in [2.75, 3.05) is 26.7 Å². The number of piperazine rings is 1. The predicted octanol–water partition coefficient (Wildman–Crippen LogP) is -0.373. The highest BCUT2D eigenvalue weighted by Gasteiger charge is 2.22. The number of likely N-dealkylation sites (N-methyl/N-ethyl adjacent to an activating group) is 1. The van der Waals surface area contributed by atoms with Gasteiger partial charge in [0.1, 0.15) is 0 Å². The second-order valence-corrected chi connectivity index (χ2v) is 3.32. The molecule has 1 fully saturated rings. The summed E-state index contributed by atoms with van der Waals surface area (Å²) in [4.78, 5) is 2.35. The fourth-order valence-electron chi connectivity index (χ4n) is 1.58. The molecule has 0 aromatic heterocycles. The van der Waals surface area contributed by atoms with Crippen molar-refractivity contribution in [3.8, 4) is 0 Å². The largest absolute Gasteiger partial charge is 0.326 e. The van der Waals surface area contributed by atoms with Gasteiger partial charge in [-0.2, -0.15) is 0 Å². The average Bonchev–Trinajstić information content (AvgIpc) is 2.04. The third kappa shape index (κ3) is 2.15. The molecule has 0 aliphatic carbocycles. The lowest BCUT2D eigenvalue weighted by Gasteiger charge is -2.36. The van der Waals surface area contributed by atoms with Gasteiger partial charge in [-0.15, -0.1) is 0 Å². The monoisotopic (exact) mass is 157 g/mol. The van der Waals surface area contributed by atoms with Crippen molar-refractivity contribution in [1.82, 2.24) is 10.2 Å². The Balaban J connectivity index is 2.40. The normalized spacial score (nSPS) is 30.3. The lowest BCUT2D eigenvalue weighted by molar-refractivity contribution is 0.171. The van der Waals surface area contributed by atoms with Gasteiger partial charge in [0.05, 0.1) is 0 Å². The van der Waals surface area contributed by atoms with E-state index in [1.807, 2.05) is 0 Å². The summed E-state index contributed by atoms with van der Waals surface area (Å²) in [5, 5.41) is 3.36. The van der Waals surface area contributed by atoms with E-state index in [1.54, 1.807) is 0 Å². The molecule has 3 nitrogen and oxygen atoms in total. The summed E-state index contributed by atoms with van der Waals surface area (Å²) in [6.45, 7) is 5.42. The molecule has 1 aliphatic heterocycles. The zero-order valence-electron chi connectivity index (χ0n) is 7.51. The van der Waals surface area contributed by atoms with Crippen molar-refractivity contribution in [3.05, 3.63) is 0 Å². The molecule has 1 heterocycles. The van der Waals surface area contributed by atoms with Crippen LogP contribution in [0, 0.1) is 0 Å². The zero-order valence-corrected chi connectivity index (χ0v) is 7.51. The summed E-state index contributed by atoms with van der Waals surface area (Å²) in [5.41, 5.74) is 5.96. The second kappa shape index (κ2) is 4.04. The Morgan fingerprint density at radius 2 is 2.45 bits per heavy atom. The Kier molecular flexibility index (Phi) is 3.30. The molecule has 0 bridgehead atoms. The van der Waals surface area contributed by atoms with E-state index in [0.717, 1.165) is 26.1 Å². The molecule has 1 saturated heterocycles. The molecule has 1 rings (SSSR count). The number of hydrogen-bond acceptors (Lipinski definition) is 3. The molecule has 1 aliphatic rings. The molecule has 0 radical (unpaired) electrons. The first kappa shape index (κ1) is 8.97. The van der Waals surface area contributed by atoms with Gasteiger partial charge in [-0.3, -0.25) is 4.90 Å². The minimum absolute atomic E-state index is 0.327. The number of hydrogen-bond donors (Lipinski definition) is 2. The van der Waals surface area contributed by atoms with Crippen LogP contribution in [0.5, 0.6) is 0 Å². The Bertz CT molecular complexity index is 112. The molecule has 3 heteroatoms. The van der Waals surface area contributed by atoms with E-state index in [-0.39, 0.29) is 0 Å². The van der Waals surface area contributed by atoms with E-state index in [9.17, 15) is 0 Å². The topological polar surface area (TPSA) is 41.3 Å². The van der Waals surface area contributed by atoms with Crippen molar-refractivity contribution in [1.29, 1.82) is 0 Å². The van der Waals surface area contributed by atoms with Gasteiger partial charge < -0.3 is 11.1 Å². The number of nitrogens with one attached hydrogen (secondary N) is 1. The van der Waals surface area contributed by atoms with Crippen molar-refractivity contribution in [2.24, 2.45) is 5.73 Å². The smallest absolute Gasteiger partial charge is 0.0369 e. The first-order chi connectivity index (χ1) is 5.25. The van der Waals surface area contributed by atoms with Crippen LogP contribution in [-0.4, -0.2) is 43.7 Å². The second-order valence-electron chi connectivity index (χ2n) is 3.32. The molecule has 0 aromatic carbocycles. The molecular formula is C8H19N3. The van der Waals surface area contributed by atoms with Crippen LogP contribution >= 0.6 is 0 Å². The summed E-state index contributed by atoms with van der Waals surface area (Å²) >= 11 is 0. The quantitative estimate of drug-likeness (QED) is 0.574. The summed E-state index contributed by atoms with van der Waals surface area (Å²) in [5.74, 6) is 0. The third-order valence-corrected chi connectivity index (χ3v) is 2.53. The lowest BCUT2D eigenvalue weighted by atomic mass is 10.0. The van der Waals surface area contributed by atoms with E-state index in [1.165, 1.54) is 0 Å². The van der Waals surface area contributed by atoms with Crippen molar-refractivity contribution >= 4 is 0 Å². The molecule has 0 saturated carbocycles. The Morgan fingerprint density at radius 1 is 1.73 bits per heavy atom. The first-order valence-electron chi connectivity index (χ1n) is 4.42. The Hall–Kier alpha value is -0.120. The van der Waals surface area contributed by atoms with E-state index in [2.05, 4.69) is 24.2 Å². The van der Waals surface area contributed by atoms with Crippen LogP contribution in [0.1, 0.15) is 13.3 Å². The van der Waals surface area contributed by atoms with Gasteiger partial charge in [-0.1, -0.05) is 6.92 Å². The van der Waals surface area contributed by atoms with Crippen LogP contribution in [0.25, 0.3) is 0 Å². The minimum Gasteiger partial charge on any atom is -0.326 e. The van der Waals surface area contributed by atoms with Crippen LogP contribution in [0.4, 0.5) is 0 Å². The van der Waals surface area contributed by atoms with Gasteiger partial charge in [0.2, 0.25) is 0 Å². The van der Waals surface area contributed by atoms with Crippen LogP contribution < -0.4 is 11.1 Å². The minimum atomic E-state index is 0.327. The number of rotatable bonds is 2. The SMILES string of the molecule is CCC(N)C1CNCCN1C. The summed E-state index contributed by atoms with van der Waals surface area (Å²) < 4.78 is 0. The molecule has 2 unspecified atom stereocenters. The highest BCUT2D eigenvalue weighted by atomic mass is 15.2. The number of nitrogens with zero attached hydrogens (tertiary/aromatic N) is 1. The standard InChI is InChI=1S/C8H19N3/c1-3-7(9)8-6-10-4-5-11(8)2/h7-8,10H,3-6,9H2,1-2H3. The molecular weight excluding hydrogens is 138 g/mol. The maximum Gasteiger partial charge on any atom is 0.0369 e. The van der Waals surface area contributed by atoms with E-state index in [4.69, 9.17) is 5.73 Å². The summed E-state index contributed by atoms with van der Waals surface area (Å²) in [6.07, 6.45) is 1.07. The highest BCUT2D eigenvalue weighted by Crippen LogP contribution is 2.05. The summed E-state index contributed by atoms with van der Waals surface area (Å²) in [6, 6.07) is 0.863. The fourth-order valence-corrected chi connectivity index (χ4v) is 1.58. The Labute approximate surface area is 68.9 Å². The average molecular weight is 157 g/mol. The predicted molar refractivity (Wildman–Crippen MR) is 47.6 cm³/mol. The van der Waals surface area contributed by atoms with Crippen LogP contribution in [0.15, 0.2) is 0 Å². The Morgan fingerprint density at radius 3 is 3.00 bits per heavy atom. The van der Waals surface area contributed by atoms with Gasteiger partial charge >= 0.3 is 0 Å². The van der Waals surface area contributed by atoms with Gasteiger partial charge in [0, 0.05) is 31.7 Å². The lowest BCUT2D eigenvalue weighted by Crippen LogP contribution is -2.56. The summed E-state index contributed by atoms with van der Waals surface area (Å²) in [7, 11) is 2.15. The van der Waals surface area contributed by atoms with Gasteiger partial charge in [0.15, 0.2) is 0 Å². The molecule has 0 amide bonds. The number of nitrogens with two attached hydrogens (primary N) is 1. The highest BCUT2D eigenvalue weighted by molar-refractivity contribution is 4.85. The molecule has 66 valence electrons. The molecule has 0 aromatic rings. The van der Waals surface area contributed by atoms with E-state index >= 15 is 0 Å². The molecule has 2 atom stereocenters. The van der Waals surface area contributed by atoms with Crippen molar-refractivity contribution < 1.29 is 0 Å². The molecule has 3 N–H and O–H groups in total. The fraction of sp³-hybridized carbons (Fsp3) is 1.00. The first-order valence-corrected chi connectivity index (χ1v) is 4.42. The van der Waals surface area contributed by atoms with E-state index in [0.29, 0.717) is 12.1 Å². The van der Waals surface area contributed by atoms with Crippen molar-refractivity contribution in [3.63, 3.8) is 0 Å². The van der Waals surface area contributed by atoms with E-state index < -0.39 is 0 Å². The van der Waals surface area contributed by atoms with Crippen molar-refractivity contribution in [2.45, 2.75) is 25.4 Å². The van der Waals surface area contributed by atoms with Crippen LogP contribution in [0.2, 0.25) is 0 Å². The third-order valence-electron chi connectivity index (χ3n) is 2.53. The molecule has 0 spiro atoms. The van der Waals surface area contributed by atoms with Crippen LogP contribution in [0.3, 0.4) is 0 Å². The zero-order chi connectivity index (χ0) is 8.27. The maximum absolute atomic E-state index is 5.96. The van der Waals surface area contributed by atoms with Crippen LogP contribution in [-0.2, 0) is 0 Å². The molecule has 11 heavy (non-hydrogen) atoms. The van der Waals surface area contributed by atoms with Gasteiger partial charge in [-0.05, 0) is 13.5 Å². The maximum atomic E-state index is 5.96. The van der Waals surface area contributed by atoms with Gasteiger partial charge in [-0.25, -0.2) is 0 Å².